The van der Waals surface area contributed by atoms with E-state index in [1.165, 1.54) is 0 Å². The summed E-state index contributed by atoms with van der Waals surface area (Å²) in [6, 6.07) is 6.04. The fraction of sp³-hybridized carbons (Fsp3) is 0.571. The van der Waals surface area contributed by atoms with Crippen molar-refractivity contribution in [1.82, 2.24) is 0 Å². The molecule has 0 saturated heterocycles. The van der Waals surface area contributed by atoms with Crippen molar-refractivity contribution in [1.29, 1.82) is 0 Å². The van der Waals surface area contributed by atoms with Crippen LogP contribution in [0, 0.1) is 6.92 Å². The molecule has 0 radical (unpaired) electrons. The zero-order valence-electron chi connectivity index (χ0n) is 11.2. The number of nitrogens with two attached hydrogens (primary N) is 1. The summed E-state index contributed by atoms with van der Waals surface area (Å²) in [5.41, 5.74) is 7.70. The predicted molar refractivity (Wildman–Crippen MR) is 70.3 cm³/mol. The van der Waals surface area contributed by atoms with Crippen molar-refractivity contribution >= 4 is 0 Å². The van der Waals surface area contributed by atoms with Crippen molar-refractivity contribution < 1.29 is 9.47 Å². The first-order chi connectivity index (χ1) is 7.92. The van der Waals surface area contributed by atoms with Gasteiger partial charge >= 0.3 is 0 Å². The lowest BCUT2D eigenvalue weighted by atomic mass is 10.1. The highest BCUT2D eigenvalue weighted by Gasteiger charge is 2.09. The lowest BCUT2D eigenvalue weighted by Gasteiger charge is -2.19. The normalized spacial score (nSPS) is 11.6. The van der Waals surface area contributed by atoms with Gasteiger partial charge in [0.2, 0.25) is 0 Å². The molecule has 17 heavy (non-hydrogen) atoms. The molecular formula is C14H23NO2. The number of aryl methyl sites for hydroxylation is 1. The minimum atomic E-state index is -0.114. The van der Waals surface area contributed by atoms with E-state index in [2.05, 4.69) is 0 Å². The van der Waals surface area contributed by atoms with Crippen molar-refractivity contribution in [2.24, 2.45) is 5.73 Å². The molecular weight excluding hydrogens is 214 g/mol. The van der Waals surface area contributed by atoms with Crippen molar-refractivity contribution in [2.75, 3.05) is 13.2 Å². The molecule has 0 fully saturated rings. The molecule has 2 N–H and O–H groups in total. The minimum absolute atomic E-state index is 0.114. The van der Waals surface area contributed by atoms with Crippen molar-refractivity contribution in [2.45, 2.75) is 39.8 Å². The molecule has 0 aliphatic heterocycles. The van der Waals surface area contributed by atoms with Gasteiger partial charge in [0.1, 0.15) is 12.4 Å². The zero-order valence-corrected chi connectivity index (χ0v) is 11.2. The van der Waals surface area contributed by atoms with Crippen LogP contribution >= 0.6 is 0 Å². The molecule has 0 heterocycles. The Hall–Kier alpha value is -1.06. The van der Waals surface area contributed by atoms with Gasteiger partial charge in [0.15, 0.2) is 0 Å². The average Bonchev–Trinajstić information content (AvgIpc) is 2.25. The van der Waals surface area contributed by atoms with E-state index in [4.69, 9.17) is 15.2 Å². The van der Waals surface area contributed by atoms with Gasteiger partial charge in [-0.1, -0.05) is 12.1 Å². The monoisotopic (exact) mass is 237 g/mol. The Balaban J connectivity index is 2.46. The van der Waals surface area contributed by atoms with E-state index < -0.39 is 0 Å². The largest absolute Gasteiger partial charge is 0.491 e. The van der Waals surface area contributed by atoms with Crippen LogP contribution in [0.1, 0.15) is 31.9 Å². The maximum atomic E-state index is 5.69. The Morgan fingerprint density at radius 2 is 1.88 bits per heavy atom. The highest BCUT2D eigenvalue weighted by molar-refractivity contribution is 5.36. The summed E-state index contributed by atoms with van der Waals surface area (Å²) in [4.78, 5) is 0. The Morgan fingerprint density at radius 3 is 2.47 bits per heavy atom. The van der Waals surface area contributed by atoms with Gasteiger partial charge in [-0.05, 0) is 44.9 Å². The first-order valence-corrected chi connectivity index (χ1v) is 5.99. The minimum Gasteiger partial charge on any atom is -0.491 e. The second-order valence-corrected chi connectivity index (χ2v) is 5.11. The van der Waals surface area contributed by atoms with Crippen LogP contribution < -0.4 is 10.5 Å². The molecule has 1 aromatic rings. The van der Waals surface area contributed by atoms with E-state index in [1.54, 1.807) is 0 Å². The number of ether oxygens (including phenoxy) is 2. The second-order valence-electron chi connectivity index (χ2n) is 5.11. The number of hydrogen-bond donors (Lipinski definition) is 1. The van der Waals surface area contributed by atoms with E-state index in [0.29, 0.717) is 19.8 Å². The fourth-order valence-electron chi connectivity index (χ4n) is 1.43. The first-order valence-electron chi connectivity index (χ1n) is 5.99. The molecule has 0 unspecified atom stereocenters. The van der Waals surface area contributed by atoms with Crippen LogP contribution in [0.3, 0.4) is 0 Å². The summed E-state index contributed by atoms with van der Waals surface area (Å²) in [7, 11) is 0. The summed E-state index contributed by atoms with van der Waals surface area (Å²) in [6.07, 6.45) is 0. The number of hydrogen-bond acceptors (Lipinski definition) is 3. The van der Waals surface area contributed by atoms with Gasteiger partial charge in [-0.2, -0.15) is 0 Å². The number of rotatable bonds is 5. The van der Waals surface area contributed by atoms with Crippen molar-refractivity contribution in [3.8, 4) is 5.75 Å². The third-order valence-corrected chi connectivity index (χ3v) is 2.36. The van der Waals surface area contributed by atoms with E-state index in [0.717, 1.165) is 16.9 Å². The molecule has 0 amide bonds. The first kappa shape index (κ1) is 14.0. The maximum absolute atomic E-state index is 5.69. The smallest absolute Gasteiger partial charge is 0.122 e. The SMILES string of the molecule is Cc1ccc(CN)cc1OCCOC(C)(C)C. The van der Waals surface area contributed by atoms with E-state index in [1.807, 2.05) is 45.9 Å². The average molecular weight is 237 g/mol. The third-order valence-electron chi connectivity index (χ3n) is 2.36. The summed E-state index contributed by atoms with van der Waals surface area (Å²) < 4.78 is 11.3. The van der Waals surface area contributed by atoms with Crippen LogP contribution in [0.25, 0.3) is 0 Å². The second kappa shape index (κ2) is 6.03. The summed E-state index contributed by atoms with van der Waals surface area (Å²) in [5.74, 6) is 0.894. The van der Waals surface area contributed by atoms with Crippen LogP contribution in [-0.2, 0) is 11.3 Å². The van der Waals surface area contributed by atoms with E-state index in [9.17, 15) is 0 Å². The Labute approximate surface area is 104 Å². The van der Waals surface area contributed by atoms with Gasteiger partial charge in [-0.25, -0.2) is 0 Å². The van der Waals surface area contributed by atoms with Crippen molar-refractivity contribution in [3.63, 3.8) is 0 Å². The number of benzene rings is 1. The quantitative estimate of drug-likeness (QED) is 0.801. The van der Waals surface area contributed by atoms with E-state index >= 15 is 0 Å². The molecule has 0 saturated carbocycles. The molecule has 0 aromatic heterocycles. The molecule has 0 aliphatic carbocycles. The Bertz CT molecular complexity index is 356. The van der Waals surface area contributed by atoms with Crippen molar-refractivity contribution in [3.05, 3.63) is 29.3 Å². The molecule has 0 aliphatic rings. The summed E-state index contributed by atoms with van der Waals surface area (Å²) >= 11 is 0. The van der Waals surface area contributed by atoms with Crippen LogP contribution in [0.2, 0.25) is 0 Å². The van der Waals surface area contributed by atoms with Crippen LogP contribution in [0.5, 0.6) is 5.75 Å². The summed E-state index contributed by atoms with van der Waals surface area (Å²) in [5, 5.41) is 0. The highest BCUT2D eigenvalue weighted by atomic mass is 16.5. The molecule has 96 valence electrons. The van der Waals surface area contributed by atoms with E-state index in [-0.39, 0.29) is 5.60 Å². The van der Waals surface area contributed by atoms with Gasteiger partial charge in [0, 0.05) is 6.54 Å². The molecule has 1 aromatic carbocycles. The predicted octanol–water partition coefficient (Wildman–Crippen LogP) is 2.65. The lowest BCUT2D eigenvalue weighted by molar-refractivity contribution is -0.0163. The van der Waals surface area contributed by atoms with Gasteiger partial charge in [-0.15, -0.1) is 0 Å². The molecule has 3 nitrogen and oxygen atoms in total. The van der Waals surface area contributed by atoms with Crippen LogP contribution in [0.4, 0.5) is 0 Å². The van der Waals surface area contributed by atoms with Gasteiger partial charge in [-0.3, -0.25) is 0 Å². The van der Waals surface area contributed by atoms with Crippen LogP contribution in [-0.4, -0.2) is 18.8 Å². The standard InChI is InChI=1S/C14H23NO2/c1-11-5-6-12(10-15)9-13(11)16-7-8-17-14(2,3)4/h5-6,9H,7-8,10,15H2,1-4H3. The Kier molecular flexibility index (Phi) is 4.97. The van der Waals surface area contributed by atoms with Gasteiger partial charge < -0.3 is 15.2 Å². The Morgan fingerprint density at radius 1 is 1.18 bits per heavy atom. The van der Waals surface area contributed by atoms with Crippen LogP contribution in [0.15, 0.2) is 18.2 Å². The molecule has 1 rings (SSSR count). The third kappa shape index (κ3) is 5.20. The molecule has 3 heteroatoms. The summed E-state index contributed by atoms with van der Waals surface area (Å²) in [6.45, 7) is 9.82. The zero-order chi connectivity index (χ0) is 12.9. The molecule has 0 spiro atoms. The lowest BCUT2D eigenvalue weighted by Crippen LogP contribution is -2.22. The molecule has 0 atom stereocenters. The maximum Gasteiger partial charge on any atom is 0.122 e. The van der Waals surface area contributed by atoms with Gasteiger partial charge in [0.05, 0.1) is 12.2 Å². The topological polar surface area (TPSA) is 44.5 Å². The molecule has 0 bridgehead atoms. The highest BCUT2D eigenvalue weighted by Crippen LogP contribution is 2.19. The fourth-order valence-corrected chi connectivity index (χ4v) is 1.43. The van der Waals surface area contributed by atoms with Gasteiger partial charge in [0.25, 0.3) is 0 Å².